The number of carbonyl (C=O) groups excluding carboxylic acids is 3. The van der Waals surface area contributed by atoms with Crippen LogP contribution in [-0.2, 0) is 16.2 Å². The summed E-state index contributed by atoms with van der Waals surface area (Å²) in [6, 6.07) is 16.2. The van der Waals surface area contributed by atoms with Gasteiger partial charge < -0.3 is 14.8 Å². The van der Waals surface area contributed by atoms with Gasteiger partial charge in [-0.3, -0.25) is 24.3 Å². The van der Waals surface area contributed by atoms with Crippen LogP contribution < -0.4 is 14.8 Å². The van der Waals surface area contributed by atoms with Crippen LogP contribution in [0.5, 0.6) is 11.5 Å². The van der Waals surface area contributed by atoms with Crippen LogP contribution in [0.2, 0.25) is 0 Å². The number of halogens is 2. The summed E-state index contributed by atoms with van der Waals surface area (Å²) in [6.07, 6.45) is 3.27. The first-order valence-electron chi connectivity index (χ1n) is 10.5. The maximum absolute atomic E-state index is 12.9. The zero-order valence-electron chi connectivity index (χ0n) is 18.9. The van der Waals surface area contributed by atoms with Gasteiger partial charge in [0.15, 0.2) is 11.5 Å². The molecule has 3 aromatic rings. The number of benzene rings is 2. The summed E-state index contributed by atoms with van der Waals surface area (Å²) in [4.78, 5) is 43.1. The second-order valence-electron chi connectivity index (χ2n) is 7.47. The molecule has 1 aromatic heterocycles. The highest BCUT2D eigenvalue weighted by Gasteiger charge is 2.36. The van der Waals surface area contributed by atoms with Crippen LogP contribution in [-0.4, -0.2) is 40.6 Å². The maximum Gasteiger partial charge on any atom is 0.294 e. The van der Waals surface area contributed by atoms with Gasteiger partial charge in [0.05, 0.1) is 22.2 Å². The molecule has 4 rings (SSSR count). The minimum atomic E-state index is -0.534. The standard InChI is InChI=1S/C25H19BrIN3O5S/c1-34-20-11-15(10-19(26)23(20)35-14-18-4-2-3-9-28-18)12-21-24(32)30(25(33)36-21)13-22(31)29-17-7-5-16(27)6-8-17/h2-12H,13-14H2,1H3,(H,29,31)/b21-12-. The predicted octanol–water partition coefficient (Wildman–Crippen LogP) is 5.71. The molecule has 0 saturated carbocycles. The van der Waals surface area contributed by atoms with Gasteiger partial charge in [0.1, 0.15) is 13.2 Å². The van der Waals surface area contributed by atoms with Crippen molar-refractivity contribution >= 4 is 79.1 Å². The molecule has 0 aliphatic carbocycles. The normalized spacial score (nSPS) is 14.3. The van der Waals surface area contributed by atoms with Gasteiger partial charge in [0.25, 0.3) is 11.1 Å². The summed E-state index contributed by atoms with van der Waals surface area (Å²) in [5.41, 5.74) is 1.97. The Bertz CT molecular complexity index is 1340. The summed E-state index contributed by atoms with van der Waals surface area (Å²) in [5, 5.41) is 2.19. The first-order valence-corrected chi connectivity index (χ1v) is 13.2. The molecule has 0 unspecified atom stereocenters. The zero-order valence-corrected chi connectivity index (χ0v) is 23.4. The SMILES string of the molecule is COc1cc(/C=C2\SC(=O)N(CC(=O)Nc3ccc(I)cc3)C2=O)cc(Br)c1OCc1ccccn1. The van der Waals surface area contributed by atoms with Crippen LogP contribution in [0.1, 0.15) is 11.3 Å². The van der Waals surface area contributed by atoms with Crippen molar-refractivity contribution in [2.75, 3.05) is 19.0 Å². The fraction of sp³-hybridized carbons (Fsp3) is 0.120. The Kier molecular flexibility index (Phi) is 8.64. The number of amides is 3. The Hall–Kier alpha value is -2.90. The van der Waals surface area contributed by atoms with Crippen molar-refractivity contribution in [3.8, 4) is 11.5 Å². The van der Waals surface area contributed by atoms with E-state index in [1.807, 2.05) is 30.3 Å². The number of hydrogen-bond donors (Lipinski definition) is 1. The first-order chi connectivity index (χ1) is 17.3. The molecule has 0 atom stereocenters. The molecular formula is C25H19BrIN3O5S. The van der Waals surface area contributed by atoms with Crippen molar-refractivity contribution in [3.63, 3.8) is 0 Å². The highest BCUT2D eigenvalue weighted by Crippen LogP contribution is 2.39. The molecule has 1 fully saturated rings. The molecule has 8 nitrogen and oxygen atoms in total. The van der Waals surface area contributed by atoms with Crippen molar-refractivity contribution in [2.24, 2.45) is 0 Å². The molecule has 1 aliphatic heterocycles. The number of hydrogen-bond acceptors (Lipinski definition) is 7. The molecule has 2 aromatic carbocycles. The summed E-state index contributed by atoms with van der Waals surface area (Å²) in [5.74, 6) is -0.0599. The Labute approximate surface area is 233 Å². The number of nitrogens with zero attached hydrogens (tertiary/aromatic N) is 2. The largest absolute Gasteiger partial charge is 0.493 e. The molecule has 184 valence electrons. The number of aromatic nitrogens is 1. The number of carbonyl (C=O) groups is 3. The Morgan fingerprint density at radius 3 is 2.67 bits per heavy atom. The Morgan fingerprint density at radius 2 is 1.97 bits per heavy atom. The lowest BCUT2D eigenvalue weighted by Gasteiger charge is -2.14. The van der Waals surface area contributed by atoms with E-state index in [0.717, 1.165) is 25.9 Å². The van der Waals surface area contributed by atoms with E-state index in [1.165, 1.54) is 7.11 Å². The molecule has 0 spiro atoms. The number of imide groups is 1. The zero-order chi connectivity index (χ0) is 25.7. The minimum Gasteiger partial charge on any atom is -0.493 e. The summed E-state index contributed by atoms with van der Waals surface area (Å²) in [7, 11) is 1.51. The van der Waals surface area contributed by atoms with Gasteiger partial charge in [-0.15, -0.1) is 0 Å². The van der Waals surface area contributed by atoms with Crippen molar-refractivity contribution < 1.29 is 23.9 Å². The van der Waals surface area contributed by atoms with Gasteiger partial charge in [0.2, 0.25) is 5.91 Å². The summed E-state index contributed by atoms with van der Waals surface area (Å²) < 4.78 is 13.0. The molecule has 11 heteroatoms. The molecule has 0 radical (unpaired) electrons. The van der Waals surface area contributed by atoms with Crippen molar-refractivity contribution in [3.05, 3.63) is 85.0 Å². The topological polar surface area (TPSA) is 97.8 Å². The highest BCUT2D eigenvalue weighted by atomic mass is 127. The average Bonchev–Trinajstić information content (AvgIpc) is 3.12. The molecule has 1 N–H and O–H groups in total. The number of ether oxygens (including phenoxy) is 2. The monoisotopic (exact) mass is 679 g/mol. The second-order valence-corrected chi connectivity index (χ2v) is 10.6. The van der Waals surface area contributed by atoms with Crippen molar-refractivity contribution in [2.45, 2.75) is 6.61 Å². The van der Waals surface area contributed by atoms with Gasteiger partial charge in [-0.1, -0.05) is 6.07 Å². The quantitative estimate of drug-likeness (QED) is 0.241. The second kappa shape index (κ2) is 11.9. The maximum atomic E-state index is 12.9. The summed E-state index contributed by atoms with van der Waals surface area (Å²) >= 11 is 6.43. The molecular weight excluding hydrogens is 661 g/mol. The number of nitrogens with one attached hydrogen (secondary N) is 1. The van der Waals surface area contributed by atoms with E-state index in [4.69, 9.17) is 9.47 Å². The van der Waals surface area contributed by atoms with Crippen LogP contribution in [0.4, 0.5) is 10.5 Å². The first kappa shape index (κ1) is 26.2. The van der Waals surface area contributed by atoms with Crippen molar-refractivity contribution in [1.82, 2.24) is 9.88 Å². The molecule has 0 bridgehead atoms. The third-order valence-corrected chi connectivity index (χ3v) is 7.16. The van der Waals surface area contributed by atoms with E-state index >= 15 is 0 Å². The lowest BCUT2D eigenvalue weighted by Crippen LogP contribution is -2.36. The average molecular weight is 680 g/mol. The molecule has 1 saturated heterocycles. The van der Waals surface area contributed by atoms with E-state index in [1.54, 1.807) is 36.5 Å². The van der Waals surface area contributed by atoms with E-state index in [-0.39, 0.29) is 18.1 Å². The van der Waals surface area contributed by atoms with Gasteiger partial charge in [0, 0.05) is 15.5 Å². The van der Waals surface area contributed by atoms with E-state index < -0.39 is 17.1 Å². The fourth-order valence-electron chi connectivity index (χ4n) is 3.26. The van der Waals surface area contributed by atoms with Crippen LogP contribution in [0.15, 0.2) is 70.2 Å². The lowest BCUT2D eigenvalue weighted by atomic mass is 10.2. The van der Waals surface area contributed by atoms with Gasteiger partial charge in [-0.05, 0) is 110 Å². The number of thioether (sulfide) groups is 1. The van der Waals surface area contributed by atoms with Crippen LogP contribution in [0.25, 0.3) is 6.08 Å². The smallest absolute Gasteiger partial charge is 0.294 e. The molecule has 2 heterocycles. The van der Waals surface area contributed by atoms with E-state index in [9.17, 15) is 14.4 Å². The number of anilines is 1. The third kappa shape index (κ3) is 6.45. The van der Waals surface area contributed by atoms with Crippen molar-refractivity contribution in [1.29, 1.82) is 0 Å². The number of pyridine rings is 1. The molecule has 36 heavy (non-hydrogen) atoms. The van der Waals surface area contributed by atoms with E-state index in [0.29, 0.717) is 27.2 Å². The van der Waals surface area contributed by atoms with Crippen LogP contribution in [0.3, 0.4) is 0 Å². The third-order valence-electron chi connectivity index (χ3n) is 4.94. The highest BCUT2D eigenvalue weighted by molar-refractivity contribution is 14.1. The van der Waals surface area contributed by atoms with E-state index in [2.05, 4.69) is 48.8 Å². The van der Waals surface area contributed by atoms with Gasteiger partial charge >= 0.3 is 0 Å². The van der Waals surface area contributed by atoms with Gasteiger partial charge in [-0.2, -0.15) is 0 Å². The Morgan fingerprint density at radius 1 is 1.19 bits per heavy atom. The number of rotatable bonds is 8. The molecule has 3 amide bonds. The van der Waals surface area contributed by atoms with Gasteiger partial charge in [-0.25, -0.2) is 0 Å². The lowest BCUT2D eigenvalue weighted by molar-refractivity contribution is -0.127. The van der Waals surface area contributed by atoms with Crippen LogP contribution >= 0.6 is 50.3 Å². The fourth-order valence-corrected chi connectivity index (χ4v) is 5.03. The predicted molar refractivity (Wildman–Crippen MR) is 150 cm³/mol. The summed E-state index contributed by atoms with van der Waals surface area (Å²) in [6.45, 7) is -0.125. The Balaban J connectivity index is 1.46. The number of methoxy groups -OCH3 is 1. The minimum absolute atomic E-state index is 0.207. The molecule has 1 aliphatic rings. The van der Waals surface area contributed by atoms with Crippen LogP contribution in [0, 0.1) is 3.57 Å².